The zero-order chi connectivity index (χ0) is 12.7. The molecule has 0 fully saturated rings. The standard InChI is InChI=1S/C11H17N3O2S/c1-2-5-13-10(15)7-8(14-11(12)16)9-4-3-6-17-9/h3-4,6,8H,2,5,7H2,1H3,(H,13,15)(H3,12,14,16). The van der Waals surface area contributed by atoms with Crippen molar-refractivity contribution in [3.8, 4) is 0 Å². The van der Waals surface area contributed by atoms with Crippen LogP contribution in [0.2, 0.25) is 0 Å². The lowest BCUT2D eigenvalue weighted by atomic mass is 10.1. The van der Waals surface area contributed by atoms with Gasteiger partial charge in [-0.2, -0.15) is 0 Å². The minimum atomic E-state index is -0.619. The van der Waals surface area contributed by atoms with Gasteiger partial charge in [-0.3, -0.25) is 4.79 Å². The van der Waals surface area contributed by atoms with E-state index in [9.17, 15) is 9.59 Å². The number of hydrogen-bond acceptors (Lipinski definition) is 3. The van der Waals surface area contributed by atoms with E-state index in [0.29, 0.717) is 6.54 Å². The summed E-state index contributed by atoms with van der Waals surface area (Å²) in [5, 5.41) is 7.25. The highest BCUT2D eigenvalue weighted by molar-refractivity contribution is 7.10. The number of nitrogens with one attached hydrogen (secondary N) is 2. The van der Waals surface area contributed by atoms with Crippen molar-refractivity contribution in [2.75, 3.05) is 6.54 Å². The van der Waals surface area contributed by atoms with Crippen LogP contribution < -0.4 is 16.4 Å². The van der Waals surface area contributed by atoms with Crippen molar-refractivity contribution in [3.05, 3.63) is 22.4 Å². The van der Waals surface area contributed by atoms with Crippen molar-refractivity contribution in [1.29, 1.82) is 0 Å². The topological polar surface area (TPSA) is 84.2 Å². The van der Waals surface area contributed by atoms with Gasteiger partial charge >= 0.3 is 6.03 Å². The summed E-state index contributed by atoms with van der Waals surface area (Å²) < 4.78 is 0. The van der Waals surface area contributed by atoms with Gasteiger partial charge in [0, 0.05) is 11.4 Å². The molecule has 6 heteroatoms. The summed E-state index contributed by atoms with van der Waals surface area (Å²) >= 11 is 1.49. The Morgan fingerprint density at radius 1 is 1.53 bits per heavy atom. The van der Waals surface area contributed by atoms with Gasteiger partial charge in [-0.15, -0.1) is 11.3 Å². The van der Waals surface area contributed by atoms with Crippen molar-refractivity contribution < 1.29 is 9.59 Å². The molecule has 0 aromatic carbocycles. The molecule has 0 aliphatic heterocycles. The van der Waals surface area contributed by atoms with E-state index >= 15 is 0 Å². The van der Waals surface area contributed by atoms with E-state index in [2.05, 4.69) is 10.6 Å². The third-order valence-electron chi connectivity index (χ3n) is 2.16. The Labute approximate surface area is 104 Å². The van der Waals surface area contributed by atoms with Crippen molar-refractivity contribution in [3.63, 3.8) is 0 Å². The molecular formula is C11H17N3O2S. The van der Waals surface area contributed by atoms with Crippen molar-refractivity contribution in [2.24, 2.45) is 5.73 Å². The molecule has 1 unspecified atom stereocenters. The Kier molecular flexibility index (Phi) is 5.48. The van der Waals surface area contributed by atoms with Gasteiger partial charge in [0.15, 0.2) is 0 Å². The van der Waals surface area contributed by atoms with Gasteiger partial charge in [0.2, 0.25) is 5.91 Å². The van der Waals surface area contributed by atoms with Crippen molar-refractivity contribution in [2.45, 2.75) is 25.8 Å². The molecule has 0 radical (unpaired) electrons. The Morgan fingerprint density at radius 2 is 2.29 bits per heavy atom. The van der Waals surface area contributed by atoms with Crippen LogP contribution in [0.5, 0.6) is 0 Å². The normalized spacial score (nSPS) is 11.8. The zero-order valence-electron chi connectivity index (χ0n) is 9.73. The monoisotopic (exact) mass is 255 g/mol. The first-order valence-electron chi connectivity index (χ1n) is 5.49. The van der Waals surface area contributed by atoms with Gasteiger partial charge in [-0.25, -0.2) is 4.79 Å². The summed E-state index contributed by atoms with van der Waals surface area (Å²) in [7, 11) is 0. The van der Waals surface area contributed by atoms with Gasteiger partial charge in [0.1, 0.15) is 0 Å². The van der Waals surface area contributed by atoms with Crippen molar-refractivity contribution >= 4 is 23.3 Å². The molecule has 1 aromatic rings. The summed E-state index contributed by atoms with van der Waals surface area (Å²) in [6.45, 7) is 2.63. The van der Waals surface area contributed by atoms with Crippen LogP contribution in [0.4, 0.5) is 4.79 Å². The highest BCUT2D eigenvalue weighted by atomic mass is 32.1. The molecule has 0 saturated heterocycles. The average molecular weight is 255 g/mol. The van der Waals surface area contributed by atoms with Gasteiger partial charge in [-0.05, 0) is 17.9 Å². The van der Waals surface area contributed by atoms with Crippen LogP contribution in [0, 0.1) is 0 Å². The fourth-order valence-electron chi connectivity index (χ4n) is 1.41. The molecule has 3 amide bonds. The van der Waals surface area contributed by atoms with Gasteiger partial charge in [-0.1, -0.05) is 13.0 Å². The quantitative estimate of drug-likeness (QED) is 0.717. The van der Waals surface area contributed by atoms with Crippen molar-refractivity contribution in [1.82, 2.24) is 10.6 Å². The Morgan fingerprint density at radius 3 is 2.82 bits per heavy atom. The Hall–Kier alpha value is -1.56. The smallest absolute Gasteiger partial charge is 0.312 e. The number of carbonyl (C=O) groups excluding carboxylic acids is 2. The average Bonchev–Trinajstić information content (AvgIpc) is 2.78. The van der Waals surface area contributed by atoms with E-state index in [-0.39, 0.29) is 18.4 Å². The second kappa shape index (κ2) is 6.90. The first-order chi connectivity index (χ1) is 8.13. The number of urea groups is 1. The van der Waals surface area contributed by atoms with E-state index in [0.717, 1.165) is 11.3 Å². The molecule has 1 rings (SSSR count). The molecule has 0 spiro atoms. The number of hydrogen-bond donors (Lipinski definition) is 3. The van der Waals surface area contributed by atoms with Crippen LogP contribution in [0.1, 0.15) is 30.7 Å². The lowest BCUT2D eigenvalue weighted by molar-refractivity contribution is -0.121. The number of primary amides is 1. The van der Waals surface area contributed by atoms with Crippen LogP contribution >= 0.6 is 11.3 Å². The second-order valence-corrected chi connectivity index (χ2v) is 4.61. The van der Waals surface area contributed by atoms with E-state index < -0.39 is 6.03 Å². The number of rotatable bonds is 6. The summed E-state index contributed by atoms with van der Waals surface area (Å²) in [5.74, 6) is -0.0843. The highest BCUT2D eigenvalue weighted by Crippen LogP contribution is 2.21. The second-order valence-electron chi connectivity index (χ2n) is 3.63. The molecule has 1 atom stereocenters. The highest BCUT2D eigenvalue weighted by Gasteiger charge is 2.17. The van der Waals surface area contributed by atoms with E-state index in [4.69, 9.17) is 5.73 Å². The van der Waals surface area contributed by atoms with Gasteiger partial charge < -0.3 is 16.4 Å². The minimum absolute atomic E-state index is 0.0843. The third kappa shape index (κ3) is 4.86. The molecule has 17 heavy (non-hydrogen) atoms. The number of thiophene rings is 1. The van der Waals surface area contributed by atoms with Crippen LogP contribution in [-0.2, 0) is 4.79 Å². The maximum absolute atomic E-state index is 11.6. The fourth-order valence-corrected chi connectivity index (χ4v) is 2.18. The summed E-state index contributed by atoms with van der Waals surface area (Å²) in [4.78, 5) is 23.4. The lowest BCUT2D eigenvalue weighted by Gasteiger charge is -2.15. The molecule has 0 saturated carbocycles. The van der Waals surface area contributed by atoms with E-state index in [1.165, 1.54) is 11.3 Å². The van der Waals surface area contributed by atoms with Gasteiger partial charge in [0.05, 0.1) is 12.5 Å². The van der Waals surface area contributed by atoms with Crippen LogP contribution in [-0.4, -0.2) is 18.5 Å². The Balaban J connectivity index is 2.58. The first-order valence-corrected chi connectivity index (χ1v) is 6.37. The Bertz CT molecular complexity index is 365. The number of carbonyl (C=O) groups is 2. The van der Waals surface area contributed by atoms with Crippen LogP contribution in [0.25, 0.3) is 0 Å². The predicted octanol–water partition coefficient (Wildman–Crippen LogP) is 1.37. The molecule has 1 heterocycles. The molecule has 0 aliphatic rings. The summed E-state index contributed by atoms with van der Waals surface area (Å²) in [5.41, 5.74) is 5.10. The third-order valence-corrected chi connectivity index (χ3v) is 3.15. The lowest BCUT2D eigenvalue weighted by Crippen LogP contribution is -2.36. The zero-order valence-corrected chi connectivity index (χ0v) is 10.5. The molecule has 0 aliphatic carbocycles. The molecule has 94 valence electrons. The maximum Gasteiger partial charge on any atom is 0.312 e. The molecule has 4 N–H and O–H groups in total. The molecule has 0 bridgehead atoms. The van der Waals surface area contributed by atoms with Gasteiger partial charge in [0.25, 0.3) is 0 Å². The minimum Gasteiger partial charge on any atom is -0.356 e. The van der Waals surface area contributed by atoms with E-state index in [1.54, 1.807) is 0 Å². The van der Waals surface area contributed by atoms with Crippen LogP contribution in [0.3, 0.4) is 0 Å². The number of amides is 3. The van der Waals surface area contributed by atoms with Crippen LogP contribution in [0.15, 0.2) is 17.5 Å². The predicted molar refractivity (Wildman–Crippen MR) is 67.7 cm³/mol. The molecule has 1 aromatic heterocycles. The largest absolute Gasteiger partial charge is 0.356 e. The maximum atomic E-state index is 11.6. The number of nitrogens with two attached hydrogens (primary N) is 1. The molecule has 5 nitrogen and oxygen atoms in total. The molecular weight excluding hydrogens is 238 g/mol. The SMILES string of the molecule is CCCNC(=O)CC(NC(N)=O)c1cccs1. The summed E-state index contributed by atoms with van der Waals surface area (Å²) in [6, 6.07) is 2.79. The summed E-state index contributed by atoms with van der Waals surface area (Å²) in [6.07, 6.45) is 1.10. The fraction of sp³-hybridized carbons (Fsp3) is 0.455. The van der Waals surface area contributed by atoms with E-state index in [1.807, 2.05) is 24.4 Å². The first kappa shape index (κ1) is 13.5.